The number of amides is 1. The molecule has 1 N–H and O–H groups in total. The van der Waals surface area contributed by atoms with Crippen LogP contribution >= 0.6 is 0 Å². The zero-order chi connectivity index (χ0) is 24.9. The van der Waals surface area contributed by atoms with Gasteiger partial charge in [0.25, 0.3) is 0 Å². The van der Waals surface area contributed by atoms with Crippen molar-refractivity contribution in [2.75, 3.05) is 39.5 Å². The Morgan fingerprint density at radius 3 is 2.49 bits per heavy atom. The summed E-state index contributed by atoms with van der Waals surface area (Å²) in [7, 11) is 0. The summed E-state index contributed by atoms with van der Waals surface area (Å²) in [5, 5.41) is 2.80. The van der Waals surface area contributed by atoms with Crippen LogP contribution in [-0.2, 0) is 22.5 Å². The monoisotopic (exact) mass is 479 g/mol. The number of hydrogen-bond donors (Lipinski definition) is 1. The first-order valence-corrected chi connectivity index (χ1v) is 12.2. The van der Waals surface area contributed by atoms with Crippen molar-refractivity contribution in [2.45, 2.75) is 26.8 Å². The van der Waals surface area contributed by atoms with E-state index in [0.717, 1.165) is 55.3 Å². The van der Waals surface area contributed by atoms with Gasteiger partial charge in [0.15, 0.2) is 0 Å². The van der Waals surface area contributed by atoms with Gasteiger partial charge in [-0.25, -0.2) is 4.39 Å². The Morgan fingerprint density at radius 2 is 1.80 bits per heavy atom. The fraction of sp³-hybridized carbons (Fsp3) is 0.357. The Kier molecular flexibility index (Phi) is 10.7. The Labute approximate surface area is 207 Å². The Morgan fingerprint density at radius 1 is 1.06 bits per heavy atom. The lowest BCUT2D eigenvalue weighted by molar-refractivity contribution is -0.120. The molecule has 1 saturated heterocycles. The lowest BCUT2D eigenvalue weighted by atomic mass is 10.1. The third kappa shape index (κ3) is 8.77. The van der Waals surface area contributed by atoms with E-state index in [1.54, 1.807) is 18.3 Å². The number of aromatic nitrogens is 1. The number of halogens is 1. The fourth-order valence-corrected chi connectivity index (χ4v) is 3.64. The van der Waals surface area contributed by atoms with Gasteiger partial charge in [-0.3, -0.25) is 14.7 Å². The summed E-state index contributed by atoms with van der Waals surface area (Å²) in [6.07, 6.45) is 1.94. The van der Waals surface area contributed by atoms with E-state index in [0.29, 0.717) is 12.3 Å². The lowest BCUT2D eigenvalue weighted by Crippen LogP contribution is -2.38. The van der Waals surface area contributed by atoms with Crippen LogP contribution in [0.15, 0.2) is 66.9 Å². The number of morpholine rings is 1. The van der Waals surface area contributed by atoms with Crippen molar-refractivity contribution in [3.63, 3.8) is 0 Å². The molecule has 4 rings (SSSR count). The van der Waals surface area contributed by atoms with E-state index in [1.165, 1.54) is 12.1 Å². The number of nitrogens with zero attached hydrogens (tertiary/aromatic N) is 2. The Bertz CT molecular complexity index is 1040. The quantitative estimate of drug-likeness (QED) is 0.490. The molecule has 7 heteroatoms. The van der Waals surface area contributed by atoms with Crippen LogP contribution < -0.4 is 10.1 Å². The largest absolute Gasteiger partial charge is 0.492 e. The van der Waals surface area contributed by atoms with Crippen molar-refractivity contribution < 1.29 is 18.7 Å². The zero-order valence-corrected chi connectivity index (χ0v) is 20.5. The smallest absolute Gasteiger partial charge is 0.226 e. The van der Waals surface area contributed by atoms with Gasteiger partial charge in [-0.15, -0.1) is 0 Å². The maximum absolute atomic E-state index is 13.2. The van der Waals surface area contributed by atoms with Gasteiger partial charge < -0.3 is 14.8 Å². The van der Waals surface area contributed by atoms with E-state index < -0.39 is 0 Å². The molecule has 2 heterocycles. The average Bonchev–Trinajstić information content (AvgIpc) is 2.90. The van der Waals surface area contributed by atoms with Crippen LogP contribution in [0.1, 0.15) is 25.1 Å². The first kappa shape index (κ1) is 26.3. The molecule has 0 atom stereocenters. The van der Waals surface area contributed by atoms with Crippen LogP contribution in [0, 0.1) is 5.82 Å². The number of carbonyl (C=O) groups is 1. The number of rotatable bonds is 9. The standard InChI is InChI=1S/C26H28FN3O3.C2H6/c27-23-3-1-2-20(16-23)18-29-26(31)17-24-7-4-22(19-28-24)21-5-8-25(9-6-21)33-15-12-30-10-13-32-14-11-30;1-2/h1-9,16,19H,10-15,17-18H2,(H,29,31);1-2H3. The zero-order valence-electron chi connectivity index (χ0n) is 20.5. The number of ether oxygens (including phenoxy) is 2. The normalized spacial score (nSPS) is 13.5. The summed E-state index contributed by atoms with van der Waals surface area (Å²) in [6.45, 7) is 9.33. The average molecular weight is 480 g/mol. The summed E-state index contributed by atoms with van der Waals surface area (Å²) in [4.78, 5) is 18.9. The van der Waals surface area contributed by atoms with Crippen LogP contribution in [0.3, 0.4) is 0 Å². The summed E-state index contributed by atoms with van der Waals surface area (Å²) < 4.78 is 24.4. The maximum atomic E-state index is 13.2. The summed E-state index contributed by atoms with van der Waals surface area (Å²) in [6, 6.07) is 17.9. The second-order valence-corrected chi connectivity index (χ2v) is 7.95. The predicted octanol–water partition coefficient (Wildman–Crippen LogP) is 4.48. The summed E-state index contributed by atoms with van der Waals surface area (Å²) in [5.41, 5.74) is 3.41. The number of hydrogen-bond acceptors (Lipinski definition) is 5. The molecule has 0 spiro atoms. The molecular weight excluding hydrogens is 445 g/mol. The van der Waals surface area contributed by atoms with Crippen LogP contribution in [0.2, 0.25) is 0 Å². The van der Waals surface area contributed by atoms with Gasteiger partial charge in [0.1, 0.15) is 18.2 Å². The third-order valence-corrected chi connectivity index (χ3v) is 5.51. The van der Waals surface area contributed by atoms with E-state index in [9.17, 15) is 9.18 Å². The molecule has 1 amide bonds. The minimum atomic E-state index is -0.313. The van der Waals surface area contributed by atoms with Gasteiger partial charge in [-0.2, -0.15) is 0 Å². The maximum Gasteiger partial charge on any atom is 0.226 e. The molecule has 0 aliphatic carbocycles. The number of pyridine rings is 1. The van der Waals surface area contributed by atoms with Gasteiger partial charge in [-0.05, 0) is 41.5 Å². The highest BCUT2D eigenvalue weighted by Gasteiger charge is 2.10. The van der Waals surface area contributed by atoms with Gasteiger partial charge >= 0.3 is 0 Å². The van der Waals surface area contributed by atoms with Crippen LogP contribution in [0.5, 0.6) is 5.75 Å². The second-order valence-electron chi connectivity index (χ2n) is 7.95. The van der Waals surface area contributed by atoms with Gasteiger partial charge in [-0.1, -0.05) is 44.2 Å². The molecule has 6 nitrogen and oxygen atoms in total. The van der Waals surface area contributed by atoms with Crippen molar-refractivity contribution in [1.29, 1.82) is 0 Å². The van der Waals surface area contributed by atoms with E-state index >= 15 is 0 Å². The number of nitrogens with one attached hydrogen (secondary N) is 1. The van der Waals surface area contributed by atoms with Gasteiger partial charge in [0.05, 0.1) is 19.6 Å². The molecule has 0 saturated carbocycles. The van der Waals surface area contributed by atoms with E-state index in [4.69, 9.17) is 9.47 Å². The number of benzene rings is 2. The minimum Gasteiger partial charge on any atom is -0.492 e. The first-order valence-electron chi connectivity index (χ1n) is 12.2. The molecule has 1 aromatic heterocycles. The molecule has 3 aromatic rings. The van der Waals surface area contributed by atoms with Crippen molar-refractivity contribution >= 4 is 5.91 Å². The lowest BCUT2D eigenvalue weighted by Gasteiger charge is -2.26. The highest BCUT2D eigenvalue weighted by atomic mass is 19.1. The van der Waals surface area contributed by atoms with E-state index in [2.05, 4.69) is 15.2 Å². The molecule has 1 aliphatic rings. The first-order chi connectivity index (χ1) is 17.2. The molecule has 1 aliphatic heterocycles. The van der Waals surface area contributed by atoms with E-state index in [1.807, 2.05) is 50.2 Å². The molecule has 186 valence electrons. The van der Waals surface area contributed by atoms with Crippen molar-refractivity contribution in [3.05, 3.63) is 83.9 Å². The van der Waals surface area contributed by atoms with Gasteiger partial charge in [0, 0.05) is 43.6 Å². The molecule has 0 radical (unpaired) electrons. The predicted molar refractivity (Wildman–Crippen MR) is 136 cm³/mol. The highest BCUT2D eigenvalue weighted by Crippen LogP contribution is 2.22. The van der Waals surface area contributed by atoms with Crippen molar-refractivity contribution in [1.82, 2.24) is 15.2 Å². The SMILES string of the molecule is CC.O=C(Cc1ccc(-c2ccc(OCCN3CCOCC3)cc2)cn1)NCc1cccc(F)c1. The summed E-state index contributed by atoms with van der Waals surface area (Å²) >= 11 is 0. The molecule has 2 aromatic carbocycles. The molecular formula is C28H34FN3O3. The van der Waals surface area contributed by atoms with Gasteiger partial charge in [0.2, 0.25) is 5.91 Å². The van der Waals surface area contributed by atoms with Crippen LogP contribution in [0.25, 0.3) is 11.1 Å². The third-order valence-electron chi connectivity index (χ3n) is 5.51. The van der Waals surface area contributed by atoms with Crippen LogP contribution in [-0.4, -0.2) is 55.2 Å². The topological polar surface area (TPSA) is 63.7 Å². The molecule has 1 fully saturated rings. The minimum absolute atomic E-state index is 0.155. The second kappa shape index (κ2) is 14.2. The van der Waals surface area contributed by atoms with Crippen molar-refractivity contribution in [3.8, 4) is 16.9 Å². The summed E-state index contributed by atoms with van der Waals surface area (Å²) in [5.74, 6) is 0.372. The number of carbonyl (C=O) groups excluding carboxylic acids is 1. The molecule has 35 heavy (non-hydrogen) atoms. The molecule has 0 unspecified atom stereocenters. The Hall–Kier alpha value is -3.29. The highest BCUT2D eigenvalue weighted by molar-refractivity contribution is 5.78. The molecule has 0 bridgehead atoms. The van der Waals surface area contributed by atoms with Crippen molar-refractivity contribution in [2.24, 2.45) is 0 Å². The van der Waals surface area contributed by atoms with E-state index in [-0.39, 0.29) is 24.7 Å². The fourth-order valence-electron chi connectivity index (χ4n) is 3.64. The van der Waals surface area contributed by atoms with Crippen LogP contribution in [0.4, 0.5) is 4.39 Å². The Balaban J connectivity index is 0.00000167.